The molecule has 0 unspecified atom stereocenters. The number of nitrogens with zero attached hydrogens (tertiary/aromatic N) is 1. The lowest BCUT2D eigenvalue weighted by molar-refractivity contribution is -0.385. The van der Waals surface area contributed by atoms with Crippen molar-refractivity contribution in [1.29, 1.82) is 0 Å². The molecule has 0 aliphatic carbocycles. The molecule has 0 N–H and O–H groups in total. The van der Waals surface area contributed by atoms with Gasteiger partial charge in [0.05, 0.1) is 15.1 Å². The predicted octanol–water partition coefficient (Wildman–Crippen LogP) is 3.93. The van der Waals surface area contributed by atoms with E-state index in [1.54, 1.807) is 12.1 Å². The second-order valence-electron chi connectivity index (χ2n) is 5.09. The zero-order chi connectivity index (χ0) is 15.3. The highest BCUT2D eigenvalue weighted by Crippen LogP contribution is 2.30. The zero-order valence-electron chi connectivity index (χ0n) is 11.5. The van der Waals surface area contributed by atoms with Crippen LogP contribution in [0.2, 0.25) is 0 Å². The number of carbonyl (C=O) groups is 1. The summed E-state index contributed by atoms with van der Waals surface area (Å²) in [6.07, 6.45) is 0. The molecule has 110 valence electrons. The number of benzene rings is 1. The maximum Gasteiger partial charge on any atom is 0.316 e. The molecular weight excluding hydrogens is 346 g/mol. The van der Waals surface area contributed by atoms with Gasteiger partial charge in [-0.2, -0.15) is 0 Å². The molecule has 1 rings (SSSR count). The molecule has 0 bridgehead atoms. The second-order valence-corrected chi connectivity index (χ2v) is 6.87. The van der Waals surface area contributed by atoms with E-state index in [9.17, 15) is 14.9 Å². The summed E-state index contributed by atoms with van der Waals surface area (Å²) in [7, 11) is 0. The summed E-state index contributed by atoms with van der Waals surface area (Å²) in [6.45, 7) is 5.44. The van der Waals surface area contributed by atoms with Crippen LogP contribution in [0.25, 0.3) is 0 Å². The first-order valence-electron chi connectivity index (χ1n) is 5.92. The van der Waals surface area contributed by atoms with Gasteiger partial charge >= 0.3 is 5.97 Å². The van der Waals surface area contributed by atoms with E-state index in [2.05, 4.69) is 15.9 Å². The molecular formula is C13H16BrNO4S. The number of hydrogen-bond acceptors (Lipinski definition) is 5. The number of ether oxygens (including phenoxy) is 1. The van der Waals surface area contributed by atoms with Crippen LogP contribution in [0.15, 0.2) is 22.7 Å². The first-order valence-corrected chi connectivity index (χ1v) is 7.87. The highest BCUT2D eigenvalue weighted by Gasteiger charge is 2.17. The highest BCUT2D eigenvalue weighted by atomic mass is 79.9. The Labute approximate surface area is 130 Å². The Kier molecular flexibility index (Phi) is 6.01. The van der Waals surface area contributed by atoms with E-state index >= 15 is 0 Å². The van der Waals surface area contributed by atoms with Crippen molar-refractivity contribution in [3.63, 3.8) is 0 Å². The maximum atomic E-state index is 11.5. The van der Waals surface area contributed by atoms with Crippen LogP contribution in [-0.4, -0.2) is 22.2 Å². The van der Waals surface area contributed by atoms with Crippen LogP contribution in [0.5, 0.6) is 0 Å². The smallest absolute Gasteiger partial charge is 0.316 e. The van der Waals surface area contributed by atoms with Crippen LogP contribution >= 0.6 is 27.7 Å². The molecule has 20 heavy (non-hydrogen) atoms. The number of rotatable bonds is 5. The fourth-order valence-corrected chi connectivity index (χ4v) is 2.96. The molecule has 1 aromatic rings. The summed E-state index contributed by atoms with van der Waals surface area (Å²) in [5.41, 5.74) is 0.317. The molecule has 0 amide bonds. The average molecular weight is 362 g/mol. The standard InChI is InChI=1S/C13H16BrNO4S/c1-13(2,3)19-11(16)8-20-7-9-5-4-6-10(12(9)14)15(17)18/h4-6H,7-8H2,1-3H3. The van der Waals surface area contributed by atoms with Crippen molar-refractivity contribution in [2.24, 2.45) is 0 Å². The van der Waals surface area contributed by atoms with Crippen LogP contribution < -0.4 is 0 Å². The minimum absolute atomic E-state index is 0.0281. The van der Waals surface area contributed by atoms with Gasteiger partial charge in [-0.25, -0.2) is 0 Å². The van der Waals surface area contributed by atoms with Crippen LogP contribution in [0, 0.1) is 10.1 Å². The zero-order valence-corrected chi connectivity index (χ0v) is 13.9. The fraction of sp³-hybridized carbons (Fsp3) is 0.462. The molecule has 0 aliphatic heterocycles. The number of halogens is 1. The molecule has 0 aliphatic rings. The molecule has 0 spiro atoms. The predicted molar refractivity (Wildman–Crippen MR) is 82.8 cm³/mol. The van der Waals surface area contributed by atoms with Gasteiger partial charge in [0.25, 0.3) is 5.69 Å². The molecule has 0 aromatic heterocycles. The number of nitro groups is 1. The van der Waals surface area contributed by atoms with E-state index in [0.717, 1.165) is 5.56 Å². The van der Waals surface area contributed by atoms with E-state index < -0.39 is 10.5 Å². The fourth-order valence-electron chi connectivity index (χ4n) is 1.43. The lowest BCUT2D eigenvalue weighted by Crippen LogP contribution is -2.24. The van der Waals surface area contributed by atoms with Gasteiger partial charge in [-0.3, -0.25) is 14.9 Å². The summed E-state index contributed by atoms with van der Waals surface area (Å²) in [4.78, 5) is 21.9. The Morgan fingerprint density at radius 1 is 1.45 bits per heavy atom. The Hall–Kier alpha value is -1.08. The summed E-state index contributed by atoms with van der Waals surface area (Å²) < 4.78 is 5.65. The quantitative estimate of drug-likeness (QED) is 0.451. The van der Waals surface area contributed by atoms with Gasteiger partial charge in [0, 0.05) is 11.8 Å². The van der Waals surface area contributed by atoms with Crippen LogP contribution in [0.1, 0.15) is 26.3 Å². The number of esters is 1. The monoisotopic (exact) mass is 361 g/mol. The third kappa shape index (κ3) is 5.50. The maximum absolute atomic E-state index is 11.5. The van der Waals surface area contributed by atoms with Crippen LogP contribution in [0.3, 0.4) is 0 Å². The van der Waals surface area contributed by atoms with Gasteiger partial charge in [0.15, 0.2) is 0 Å². The van der Waals surface area contributed by atoms with Crippen LogP contribution in [0.4, 0.5) is 5.69 Å². The Morgan fingerprint density at radius 3 is 2.65 bits per heavy atom. The van der Waals surface area contributed by atoms with Crippen molar-refractivity contribution < 1.29 is 14.5 Å². The molecule has 0 saturated heterocycles. The van der Waals surface area contributed by atoms with E-state index in [1.165, 1.54) is 17.8 Å². The van der Waals surface area contributed by atoms with Crippen molar-refractivity contribution in [3.8, 4) is 0 Å². The number of carbonyl (C=O) groups excluding carboxylic acids is 1. The largest absolute Gasteiger partial charge is 0.459 e. The summed E-state index contributed by atoms with van der Waals surface area (Å²) >= 11 is 4.59. The normalized spacial score (nSPS) is 11.2. The van der Waals surface area contributed by atoms with Crippen LogP contribution in [-0.2, 0) is 15.3 Å². The van der Waals surface area contributed by atoms with E-state index in [0.29, 0.717) is 10.2 Å². The molecule has 0 fully saturated rings. The lowest BCUT2D eigenvalue weighted by Gasteiger charge is -2.19. The molecule has 7 heteroatoms. The number of thioether (sulfide) groups is 1. The summed E-state index contributed by atoms with van der Waals surface area (Å²) in [6, 6.07) is 4.86. The van der Waals surface area contributed by atoms with Gasteiger partial charge in [0.1, 0.15) is 5.60 Å². The first kappa shape index (κ1) is 17.0. The third-order valence-electron chi connectivity index (χ3n) is 2.15. The van der Waals surface area contributed by atoms with E-state index in [1.807, 2.05) is 20.8 Å². The van der Waals surface area contributed by atoms with Crippen molar-refractivity contribution in [1.82, 2.24) is 0 Å². The number of hydrogen-bond donors (Lipinski definition) is 0. The minimum atomic E-state index is -0.496. The van der Waals surface area contributed by atoms with Gasteiger partial charge < -0.3 is 4.74 Å². The SMILES string of the molecule is CC(C)(C)OC(=O)CSCc1cccc([N+](=O)[O-])c1Br. The first-order chi connectivity index (χ1) is 9.20. The molecule has 0 atom stereocenters. The third-order valence-corrected chi connectivity index (χ3v) is 4.02. The summed E-state index contributed by atoms with van der Waals surface area (Å²) in [5.74, 6) is 0.428. The van der Waals surface area contributed by atoms with Gasteiger partial charge in [0.2, 0.25) is 0 Å². The highest BCUT2D eigenvalue weighted by molar-refractivity contribution is 9.10. The van der Waals surface area contributed by atoms with Gasteiger partial charge in [-0.1, -0.05) is 12.1 Å². The van der Waals surface area contributed by atoms with Gasteiger partial charge in [-0.05, 0) is 42.3 Å². The number of nitro benzene ring substituents is 1. The Balaban J connectivity index is 2.57. The van der Waals surface area contributed by atoms with Crippen molar-refractivity contribution in [2.75, 3.05) is 5.75 Å². The molecule has 0 radical (unpaired) electrons. The lowest BCUT2D eigenvalue weighted by atomic mass is 10.2. The molecule has 0 saturated carbocycles. The van der Waals surface area contributed by atoms with Crippen molar-refractivity contribution >= 4 is 39.3 Å². The van der Waals surface area contributed by atoms with E-state index in [4.69, 9.17) is 4.74 Å². The minimum Gasteiger partial charge on any atom is -0.459 e. The van der Waals surface area contributed by atoms with E-state index in [-0.39, 0.29) is 17.4 Å². The topological polar surface area (TPSA) is 69.4 Å². The van der Waals surface area contributed by atoms with Crippen molar-refractivity contribution in [3.05, 3.63) is 38.3 Å². The molecule has 0 heterocycles. The Morgan fingerprint density at radius 2 is 2.10 bits per heavy atom. The van der Waals surface area contributed by atoms with Crippen molar-refractivity contribution in [2.45, 2.75) is 32.1 Å². The second kappa shape index (κ2) is 7.08. The molecule has 1 aromatic carbocycles. The van der Waals surface area contributed by atoms with Gasteiger partial charge in [-0.15, -0.1) is 11.8 Å². The molecule has 5 nitrogen and oxygen atoms in total. The summed E-state index contributed by atoms with van der Waals surface area (Å²) in [5, 5.41) is 10.8. The Bertz CT molecular complexity index is 514. The average Bonchev–Trinajstić information content (AvgIpc) is 2.28.